The van der Waals surface area contributed by atoms with E-state index in [-0.39, 0.29) is 0 Å². The molecule has 4 nitrogen and oxygen atoms in total. The summed E-state index contributed by atoms with van der Waals surface area (Å²) in [6.45, 7) is 5.46. The Morgan fingerprint density at radius 2 is 2.11 bits per heavy atom. The number of nitrogens with zero attached hydrogens (tertiary/aromatic N) is 2. The fourth-order valence-corrected chi connectivity index (χ4v) is 2.00. The van der Waals surface area contributed by atoms with E-state index in [4.69, 9.17) is 22.1 Å². The molecule has 1 aromatic heterocycles. The summed E-state index contributed by atoms with van der Waals surface area (Å²) in [6.07, 6.45) is 0.924. The van der Waals surface area contributed by atoms with Gasteiger partial charge in [0, 0.05) is 12.6 Å². The molecule has 0 amide bonds. The van der Waals surface area contributed by atoms with Crippen LogP contribution in [0.2, 0.25) is 5.02 Å². The molecular weight excluding hydrogens is 262 g/mol. The molecule has 2 rings (SSSR count). The van der Waals surface area contributed by atoms with E-state index in [1.54, 1.807) is 12.1 Å². The maximum Gasteiger partial charge on any atom is 0.130 e. The number of ether oxygens (including phenoxy) is 1. The summed E-state index contributed by atoms with van der Waals surface area (Å²) >= 11 is 5.96. The number of hydrogen-bond acceptors (Lipinski definition) is 3. The third-order valence-electron chi connectivity index (χ3n) is 2.93. The van der Waals surface area contributed by atoms with Crippen LogP contribution in [0.3, 0.4) is 0 Å². The second kappa shape index (κ2) is 5.97. The van der Waals surface area contributed by atoms with E-state index >= 15 is 0 Å². The van der Waals surface area contributed by atoms with E-state index in [2.05, 4.69) is 25.0 Å². The Kier molecular flexibility index (Phi) is 4.32. The van der Waals surface area contributed by atoms with Crippen LogP contribution in [0.4, 0.5) is 5.69 Å². The van der Waals surface area contributed by atoms with Gasteiger partial charge in [-0.15, -0.1) is 0 Å². The fourth-order valence-electron chi connectivity index (χ4n) is 1.83. The molecular formula is C14H18ClN3O. The number of aromatic nitrogens is 2. The van der Waals surface area contributed by atoms with Gasteiger partial charge in [0.05, 0.1) is 22.1 Å². The van der Waals surface area contributed by atoms with Gasteiger partial charge in [-0.2, -0.15) is 5.10 Å². The van der Waals surface area contributed by atoms with Crippen molar-refractivity contribution in [2.45, 2.75) is 33.4 Å². The lowest BCUT2D eigenvalue weighted by Gasteiger charge is -2.08. The van der Waals surface area contributed by atoms with Crippen molar-refractivity contribution < 1.29 is 4.74 Å². The zero-order chi connectivity index (χ0) is 13.8. The van der Waals surface area contributed by atoms with Crippen LogP contribution in [0.15, 0.2) is 24.3 Å². The van der Waals surface area contributed by atoms with Gasteiger partial charge < -0.3 is 10.5 Å². The highest BCUT2D eigenvalue weighted by Crippen LogP contribution is 2.24. The van der Waals surface area contributed by atoms with Crippen molar-refractivity contribution in [2.24, 2.45) is 0 Å². The molecule has 0 aliphatic rings. The Labute approximate surface area is 118 Å². The van der Waals surface area contributed by atoms with Crippen molar-refractivity contribution >= 4 is 17.3 Å². The molecule has 19 heavy (non-hydrogen) atoms. The number of hydrogen-bond donors (Lipinski definition) is 1. The predicted octanol–water partition coefficient (Wildman–Crippen LogP) is 3.28. The molecule has 0 aliphatic heterocycles. The summed E-state index contributed by atoms with van der Waals surface area (Å²) in [7, 11) is 0. The minimum absolute atomic E-state index is 0.473. The van der Waals surface area contributed by atoms with E-state index in [0.29, 0.717) is 23.1 Å². The van der Waals surface area contributed by atoms with Gasteiger partial charge in [0.2, 0.25) is 0 Å². The summed E-state index contributed by atoms with van der Waals surface area (Å²) in [6, 6.07) is 7.35. The summed E-state index contributed by atoms with van der Waals surface area (Å²) in [5.41, 5.74) is 8.36. The van der Waals surface area contributed by atoms with Crippen LogP contribution in [0.1, 0.15) is 25.2 Å². The minimum Gasteiger partial charge on any atom is -0.487 e. The highest BCUT2D eigenvalue weighted by Gasteiger charge is 2.07. The van der Waals surface area contributed by atoms with Crippen molar-refractivity contribution in [3.8, 4) is 5.75 Å². The van der Waals surface area contributed by atoms with E-state index in [9.17, 15) is 0 Å². The number of nitrogen functional groups attached to an aromatic ring is 1. The van der Waals surface area contributed by atoms with Crippen LogP contribution in [0.5, 0.6) is 5.75 Å². The standard InChI is InChI=1S/C14H18ClN3O/c1-3-10-7-11(18(4-2)17-10)9-19-12-5-6-14(16)13(15)8-12/h5-8H,3-4,9,16H2,1-2H3. The maximum absolute atomic E-state index is 5.96. The van der Waals surface area contributed by atoms with Crippen LogP contribution in [0, 0.1) is 0 Å². The van der Waals surface area contributed by atoms with Gasteiger partial charge in [-0.1, -0.05) is 18.5 Å². The van der Waals surface area contributed by atoms with Crippen molar-refractivity contribution in [1.82, 2.24) is 9.78 Å². The van der Waals surface area contributed by atoms with E-state index in [1.165, 1.54) is 0 Å². The Morgan fingerprint density at radius 3 is 2.74 bits per heavy atom. The normalized spacial score (nSPS) is 10.7. The van der Waals surface area contributed by atoms with E-state index < -0.39 is 0 Å². The molecule has 0 saturated carbocycles. The molecule has 1 aromatic carbocycles. The van der Waals surface area contributed by atoms with Gasteiger partial charge in [0.15, 0.2) is 0 Å². The lowest BCUT2D eigenvalue weighted by molar-refractivity contribution is 0.292. The monoisotopic (exact) mass is 279 g/mol. The van der Waals surface area contributed by atoms with Gasteiger partial charge in [0.1, 0.15) is 12.4 Å². The predicted molar refractivity (Wildman–Crippen MR) is 77.5 cm³/mol. The molecule has 5 heteroatoms. The van der Waals surface area contributed by atoms with Crippen molar-refractivity contribution in [3.63, 3.8) is 0 Å². The first-order valence-electron chi connectivity index (χ1n) is 6.37. The summed E-state index contributed by atoms with van der Waals surface area (Å²) in [5, 5.41) is 4.99. The SMILES string of the molecule is CCc1cc(COc2ccc(N)c(Cl)c2)n(CC)n1. The third kappa shape index (κ3) is 3.20. The summed E-state index contributed by atoms with van der Waals surface area (Å²) < 4.78 is 7.68. The maximum atomic E-state index is 5.96. The van der Waals surface area contributed by atoms with Crippen LogP contribution >= 0.6 is 11.6 Å². The zero-order valence-electron chi connectivity index (χ0n) is 11.2. The Balaban J connectivity index is 2.09. The Hall–Kier alpha value is -1.68. The number of nitrogens with two attached hydrogens (primary N) is 1. The van der Waals surface area contributed by atoms with E-state index in [1.807, 2.05) is 10.7 Å². The molecule has 1 heterocycles. The fraction of sp³-hybridized carbons (Fsp3) is 0.357. The van der Waals surface area contributed by atoms with E-state index in [0.717, 1.165) is 24.4 Å². The van der Waals surface area contributed by atoms with Gasteiger partial charge in [-0.3, -0.25) is 4.68 Å². The first-order chi connectivity index (χ1) is 9.13. The second-order valence-corrected chi connectivity index (χ2v) is 4.68. The van der Waals surface area contributed by atoms with Gasteiger partial charge >= 0.3 is 0 Å². The Morgan fingerprint density at radius 1 is 1.32 bits per heavy atom. The smallest absolute Gasteiger partial charge is 0.130 e. The number of anilines is 1. The minimum atomic E-state index is 0.473. The molecule has 0 unspecified atom stereocenters. The molecule has 0 saturated heterocycles. The van der Waals surface area contributed by atoms with Gasteiger partial charge in [-0.05, 0) is 31.5 Å². The first kappa shape index (κ1) is 13.7. The third-order valence-corrected chi connectivity index (χ3v) is 3.26. The Bertz CT molecular complexity index is 566. The molecule has 0 fully saturated rings. The number of aryl methyl sites for hydroxylation is 2. The van der Waals surface area contributed by atoms with Crippen LogP contribution in [-0.2, 0) is 19.6 Å². The summed E-state index contributed by atoms with van der Waals surface area (Å²) in [5.74, 6) is 0.709. The molecule has 0 spiro atoms. The zero-order valence-corrected chi connectivity index (χ0v) is 11.9. The highest BCUT2D eigenvalue weighted by molar-refractivity contribution is 6.33. The van der Waals surface area contributed by atoms with Crippen molar-refractivity contribution in [2.75, 3.05) is 5.73 Å². The van der Waals surface area contributed by atoms with Gasteiger partial charge in [0.25, 0.3) is 0 Å². The lowest BCUT2D eigenvalue weighted by atomic mass is 10.3. The van der Waals surface area contributed by atoms with Crippen molar-refractivity contribution in [1.29, 1.82) is 0 Å². The molecule has 102 valence electrons. The summed E-state index contributed by atoms with van der Waals surface area (Å²) in [4.78, 5) is 0. The highest BCUT2D eigenvalue weighted by atomic mass is 35.5. The molecule has 0 aliphatic carbocycles. The number of halogens is 1. The van der Waals surface area contributed by atoms with Crippen molar-refractivity contribution in [3.05, 3.63) is 40.7 Å². The van der Waals surface area contributed by atoms with Crippen LogP contribution in [0.25, 0.3) is 0 Å². The second-order valence-electron chi connectivity index (χ2n) is 4.27. The molecule has 2 aromatic rings. The quantitative estimate of drug-likeness (QED) is 0.855. The first-order valence-corrected chi connectivity index (χ1v) is 6.75. The lowest BCUT2D eigenvalue weighted by Crippen LogP contribution is -2.06. The van der Waals surface area contributed by atoms with Crippen LogP contribution < -0.4 is 10.5 Å². The average molecular weight is 280 g/mol. The number of benzene rings is 1. The number of rotatable bonds is 5. The average Bonchev–Trinajstić information content (AvgIpc) is 2.82. The largest absolute Gasteiger partial charge is 0.487 e. The topological polar surface area (TPSA) is 53.1 Å². The molecule has 2 N–H and O–H groups in total. The molecule has 0 radical (unpaired) electrons. The molecule has 0 atom stereocenters. The molecule has 0 bridgehead atoms. The van der Waals surface area contributed by atoms with Crippen LogP contribution in [-0.4, -0.2) is 9.78 Å². The van der Waals surface area contributed by atoms with Gasteiger partial charge in [-0.25, -0.2) is 0 Å².